The van der Waals surface area contributed by atoms with Gasteiger partial charge in [0.25, 0.3) is 0 Å². The second kappa shape index (κ2) is 9.02. The summed E-state index contributed by atoms with van der Waals surface area (Å²) in [5, 5.41) is 7.89. The minimum Gasteiger partial charge on any atom is -0.493 e. The first-order chi connectivity index (χ1) is 13.8. The van der Waals surface area contributed by atoms with Crippen LogP contribution >= 0.6 is 0 Å². The summed E-state index contributed by atoms with van der Waals surface area (Å²) in [6.45, 7) is 5.96. The Hall–Kier alpha value is -2.66. The molecule has 0 atom stereocenters. The van der Waals surface area contributed by atoms with Gasteiger partial charge in [0.2, 0.25) is 0 Å². The third-order valence-corrected chi connectivity index (χ3v) is 5.50. The molecule has 0 bridgehead atoms. The predicted molar refractivity (Wildman–Crippen MR) is 114 cm³/mol. The number of fused-ring (bicyclic) bond motifs is 1. The highest BCUT2D eigenvalue weighted by Gasteiger charge is 2.14. The zero-order valence-corrected chi connectivity index (χ0v) is 16.4. The molecule has 1 saturated heterocycles. The Balaban J connectivity index is 1.39. The van der Waals surface area contributed by atoms with Crippen molar-refractivity contribution in [3.63, 3.8) is 0 Å². The van der Waals surface area contributed by atoms with E-state index < -0.39 is 0 Å². The molecule has 1 aliphatic rings. The number of benzene rings is 2. The Kier molecular flexibility index (Phi) is 6.02. The molecule has 2 heterocycles. The Bertz CT molecular complexity index is 921. The third kappa shape index (κ3) is 4.60. The molecule has 0 saturated carbocycles. The average Bonchev–Trinajstić information content (AvgIpc) is 2.74. The quantitative estimate of drug-likeness (QED) is 0.653. The van der Waals surface area contributed by atoms with Crippen molar-refractivity contribution < 1.29 is 4.74 Å². The van der Waals surface area contributed by atoms with Crippen LogP contribution in [-0.2, 0) is 6.42 Å². The number of nitrogens with zero attached hydrogens (tertiary/aromatic N) is 2. The normalized spacial score (nSPS) is 14.9. The lowest BCUT2D eigenvalue weighted by atomic mass is 9.99. The van der Waals surface area contributed by atoms with Crippen molar-refractivity contribution in [3.8, 4) is 5.75 Å². The van der Waals surface area contributed by atoms with E-state index in [1.807, 2.05) is 12.1 Å². The lowest BCUT2D eigenvalue weighted by Gasteiger charge is -2.22. The number of aromatic nitrogens is 2. The zero-order chi connectivity index (χ0) is 19.2. The van der Waals surface area contributed by atoms with Crippen LogP contribution in [0.2, 0.25) is 0 Å². The Morgan fingerprint density at radius 2 is 1.96 bits per heavy atom. The summed E-state index contributed by atoms with van der Waals surface area (Å²) in [6, 6.07) is 14.6. The van der Waals surface area contributed by atoms with E-state index in [0.29, 0.717) is 5.92 Å². The Morgan fingerprint density at radius 3 is 2.82 bits per heavy atom. The Morgan fingerprint density at radius 1 is 1.11 bits per heavy atom. The highest BCUT2D eigenvalue weighted by molar-refractivity contribution is 5.89. The number of anilines is 1. The minimum absolute atomic E-state index is 0.640. The number of hydrogen-bond donors (Lipinski definition) is 2. The largest absolute Gasteiger partial charge is 0.493 e. The number of rotatable bonds is 7. The summed E-state index contributed by atoms with van der Waals surface area (Å²) >= 11 is 0. The second-order valence-electron chi connectivity index (χ2n) is 7.51. The van der Waals surface area contributed by atoms with Gasteiger partial charge in [-0.1, -0.05) is 24.3 Å². The standard InChI is InChI=1S/C23H28N4O/c1-17-4-2-3-5-19(17)10-13-25-23-21-7-6-20(14-22(21)26-16-27-23)28-15-18-8-11-24-12-9-18/h2-7,14,16,18,24H,8-13,15H2,1H3,(H,25,26,27). The molecule has 0 unspecified atom stereocenters. The van der Waals surface area contributed by atoms with Crippen LogP contribution in [0.4, 0.5) is 5.82 Å². The van der Waals surface area contributed by atoms with Crippen LogP contribution in [0.3, 0.4) is 0 Å². The first-order valence-electron chi connectivity index (χ1n) is 10.2. The second-order valence-corrected chi connectivity index (χ2v) is 7.51. The molecule has 1 fully saturated rings. The maximum absolute atomic E-state index is 6.04. The molecule has 28 heavy (non-hydrogen) atoms. The molecule has 146 valence electrons. The summed E-state index contributed by atoms with van der Waals surface area (Å²) < 4.78 is 6.04. The first-order valence-corrected chi connectivity index (χ1v) is 10.2. The van der Waals surface area contributed by atoms with Crippen molar-refractivity contribution in [2.75, 3.05) is 31.6 Å². The van der Waals surface area contributed by atoms with Gasteiger partial charge in [-0.2, -0.15) is 0 Å². The van der Waals surface area contributed by atoms with Crippen LogP contribution in [0.25, 0.3) is 10.9 Å². The molecule has 4 rings (SSSR count). The van der Waals surface area contributed by atoms with Crippen LogP contribution < -0.4 is 15.4 Å². The predicted octanol–water partition coefficient (Wildman–Crippen LogP) is 3.97. The minimum atomic E-state index is 0.640. The van der Waals surface area contributed by atoms with Gasteiger partial charge in [0.05, 0.1) is 12.1 Å². The molecule has 5 heteroatoms. The molecule has 2 aromatic carbocycles. The van der Waals surface area contributed by atoms with Gasteiger partial charge in [-0.15, -0.1) is 0 Å². The van der Waals surface area contributed by atoms with Gasteiger partial charge in [-0.05, 0) is 68.5 Å². The van der Waals surface area contributed by atoms with Crippen molar-refractivity contribution in [2.45, 2.75) is 26.2 Å². The molecule has 0 spiro atoms. The molecule has 1 aliphatic heterocycles. The van der Waals surface area contributed by atoms with Crippen LogP contribution in [-0.4, -0.2) is 36.2 Å². The number of aryl methyl sites for hydroxylation is 1. The lowest BCUT2D eigenvalue weighted by molar-refractivity contribution is 0.215. The van der Waals surface area contributed by atoms with Gasteiger partial charge in [0.1, 0.15) is 17.9 Å². The molecule has 0 radical (unpaired) electrons. The topological polar surface area (TPSA) is 59.1 Å². The molecule has 5 nitrogen and oxygen atoms in total. The molecule has 0 amide bonds. The number of nitrogens with one attached hydrogen (secondary N) is 2. The van der Waals surface area contributed by atoms with E-state index in [0.717, 1.165) is 55.1 Å². The van der Waals surface area contributed by atoms with Crippen molar-refractivity contribution in [3.05, 3.63) is 59.9 Å². The van der Waals surface area contributed by atoms with E-state index in [1.54, 1.807) is 6.33 Å². The maximum Gasteiger partial charge on any atom is 0.137 e. The van der Waals surface area contributed by atoms with E-state index in [-0.39, 0.29) is 0 Å². The number of piperidine rings is 1. The van der Waals surface area contributed by atoms with Crippen molar-refractivity contribution in [1.82, 2.24) is 15.3 Å². The zero-order valence-electron chi connectivity index (χ0n) is 16.4. The SMILES string of the molecule is Cc1ccccc1CCNc1ncnc2cc(OCC3CCNCC3)ccc12. The molecule has 1 aromatic heterocycles. The highest BCUT2D eigenvalue weighted by Crippen LogP contribution is 2.25. The van der Waals surface area contributed by atoms with Crippen LogP contribution in [0, 0.1) is 12.8 Å². The summed E-state index contributed by atoms with van der Waals surface area (Å²) in [5.74, 6) is 2.40. The molecular weight excluding hydrogens is 348 g/mol. The van der Waals surface area contributed by atoms with Crippen LogP contribution in [0.5, 0.6) is 5.75 Å². The van der Waals surface area contributed by atoms with Gasteiger partial charge in [0.15, 0.2) is 0 Å². The van der Waals surface area contributed by atoms with E-state index in [2.05, 4.69) is 57.9 Å². The first kappa shape index (κ1) is 18.7. The molecule has 0 aliphatic carbocycles. The van der Waals surface area contributed by atoms with Crippen molar-refractivity contribution in [2.24, 2.45) is 5.92 Å². The summed E-state index contributed by atoms with van der Waals surface area (Å²) in [5.41, 5.74) is 3.60. The van der Waals surface area contributed by atoms with Crippen molar-refractivity contribution in [1.29, 1.82) is 0 Å². The maximum atomic E-state index is 6.04. The number of hydrogen-bond acceptors (Lipinski definition) is 5. The third-order valence-electron chi connectivity index (χ3n) is 5.50. The van der Waals surface area contributed by atoms with Crippen LogP contribution in [0.15, 0.2) is 48.8 Å². The summed E-state index contributed by atoms with van der Waals surface area (Å²) in [4.78, 5) is 8.88. The summed E-state index contributed by atoms with van der Waals surface area (Å²) in [6.07, 6.45) is 4.96. The molecule has 3 aromatic rings. The van der Waals surface area contributed by atoms with Gasteiger partial charge in [0, 0.05) is 18.0 Å². The van der Waals surface area contributed by atoms with E-state index in [1.165, 1.54) is 24.0 Å². The van der Waals surface area contributed by atoms with E-state index >= 15 is 0 Å². The number of ether oxygens (including phenoxy) is 1. The van der Waals surface area contributed by atoms with E-state index in [9.17, 15) is 0 Å². The summed E-state index contributed by atoms with van der Waals surface area (Å²) in [7, 11) is 0. The van der Waals surface area contributed by atoms with Gasteiger partial charge >= 0.3 is 0 Å². The van der Waals surface area contributed by atoms with Crippen LogP contribution in [0.1, 0.15) is 24.0 Å². The Labute approximate surface area is 166 Å². The molecule has 2 N–H and O–H groups in total. The molecular formula is C23H28N4O. The fraction of sp³-hybridized carbons (Fsp3) is 0.391. The van der Waals surface area contributed by atoms with Gasteiger partial charge in [-0.25, -0.2) is 9.97 Å². The van der Waals surface area contributed by atoms with Gasteiger partial charge in [-0.3, -0.25) is 0 Å². The average molecular weight is 377 g/mol. The smallest absolute Gasteiger partial charge is 0.137 e. The van der Waals surface area contributed by atoms with E-state index in [4.69, 9.17) is 4.74 Å². The van der Waals surface area contributed by atoms with Gasteiger partial charge < -0.3 is 15.4 Å². The fourth-order valence-corrected chi connectivity index (χ4v) is 3.74. The lowest BCUT2D eigenvalue weighted by Crippen LogP contribution is -2.30. The fourth-order valence-electron chi connectivity index (χ4n) is 3.74. The monoisotopic (exact) mass is 376 g/mol. The van der Waals surface area contributed by atoms with Crippen molar-refractivity contribution >= 4 is 16.7 Å². The highest BCUT2D eigenvalue weighted by atomic mass is 16.5.